The van der Waals surface area contributed by atoms with E-state index >= 15 is 0 Å². The van der Waals surface area contributed by atoms with E-state index in [0.29, 0.717) is 0 Å². The SMILES string of the molecule is C=CCCCCCC(N)C1CN(C)CCO1. The maximum Gasteiger partial charge on any atom is 0.0853 e. The molecule has 0 aromatic rings. The van der Waals surface area contributed by atoms with Crippen LogP contribution in [0.25, 0.3) is 0 Å². The van der Waals surface area contributed by atoms with Crippen LogP contribution in [0.4, 0.5) is 0 Å². The first-order valence-corrected chi connectivity index (χ1v) is 6.40. The molecule has 2 unspecified atom stereocenters. The van der Waals surface area contributed by atoms with Gasteiger partial charge in [-0.1, -0.05) is 18.9 Å². The van der Waals surface area contributed by atoms with Crippen LogP contribution in [0.1, 0.15) is 32.1 Å². The molecule has 1 aliphatic rings. The van der Waals surface area contributed by atoms with Crippen molar-refractivity contribution in [1.29, 1.82) is 0 Å². The molecule has 0 bridgehead atoms. The zero-order valence-corrected chi connectivity index (χ0v) is 10.5. The Morgan fingerprint density at radius 2 is 2.31 bits per heavy atom. The number of hydrogen-bond donors (Lipinski definition) is 1. The first-order valence-electron chi connectivity index (χ1n) is 6.40. The van der Waals surface area contributed by atoms with Crippen LogP contribution in [0.15, 0.2) is 12.7 Å². The van der Waals surface area contributed by atoms with Crippen molar-refractivity contribution < 1.29 is 4.74 Å². The highest BCUT2D eigenvalue weighted by molar-refractivity contribution is 4.79. The molecular formula is C13H26N2O. The number of allylic oxidation sites excluding steroid dienone is 1. The lowest BCUT2D eigenvalue weighted by Gasteiger charge is -2.33. The summed E-state index contributed by atoms with van der Waals surface area (Å²) in [6, 6.07) is 0.200. The minimum Gasteiger partial charge on any atom is -0.374 e. The summed E-state index contributed by atoms with van der Waals surface area (Å²) in [5.74, 6) is 0. The van der Waals surface area contributed by atoms with Gasteiger partial charge in [-0.05, 0) is 26.3 Å². The van der Waals surface area contributed by atoms with E-state index < -0.39 is 0 Å². The predicted molar refractivity (Wildman–Crippen MR) is 68.5 cm³/mol. The second-order valence-electron chi connectivity index (χ2n) is 4.76. The van der Waals surface area contributed by atoms with Crippen LogP contribution in [-0.4, -0.2) is 43.8 Å². The van der Waals surface area contributed by atoms with E-state index in [0.717, 1.165) is 32.5 Å². The van der Waals surface area contributed by atoms with Crippen molar-refractivity contribution >= 4 is 0 Å². The molecule has 2 atom stereocenters. The van der Waals surface area contributed by atoms with Crippen molar-refractivity contribution in [2.24, 2.45) is 5.73 Å². The van der Waals surface area contributed by atoms with Crippen LogP contribution in [0.2, 0.25) is 0 Å². The topological polar surface area (TPSA) is 38.5 Å². The number of ether oxygens (including phenoxy) is 1. The monoisotopic (exact) mass is 226 g/mol. The zero-order chi connectivity index (χ0) is 11.8. The van der Waals surface area contributed by atoms with E-state index in [4.69, 9.17) is 10.5 Å². The molecule has 0 aliphatic carbocycles. The van der Waals surface area contributed by atoms with E-state index in [1.165, 1.54) is 19.3 Å². The number of nitrogens with two attached hydrogens (primary N) is 1. The lowest BCUT2D eigenvalue weighted by molar-refractivity contribution is -0.0335. The smallest absolute Gasteiger partial charge is 0.0853 e. The number of hydrogen-bond acceptors (Lipinski definition) is 3. The summed E-state index contributed by atoms with van der Waals surface area (Å²) in [5, 5.41) is 0. The molecule has 1 fully saturated rings. The molecule has 0 amide bonds. The lowest BCUT2D eigenvalue weighted by atomic mass is 10.0. The molecule has 1 rings (SSSR count). The van der Waals surface area contributed by atoms with Crippen LogP contribution in [0, 0.1) is 0 Å². The molecule has 3 heteroatoms. The van der Waals surface area contributed by atoms with Crippen molar-refractivity contribution in [1.82, 2.24) is 4.90 Å². The van der Waals surface area contributed by atoms with Gasteiger partial charge >= 0.3 is 0 Å². The quantitative estimate of drug-likeness (QED) is 0.531. The molecule has 0 saturated carbocycles. The Labute approximate surface area is 99.6 Å². The molecule has 16 heavy (non-hydrogen) atoms. The summed E-state index contributed by atoms with van der Waals surface area (Å²) in [6.07, 6.45) is 8.12. The van der Waals surface area contributed by atoms with Crippen molar-refractivity contribution in [2.75, 3.05) is 26.7 Å². The first-order chi connectivity index (χ1) is 7.74. The number of likely N-dealkylation sites (N-methyl/N-ethyl adjacent to an activating group) is 1. The highest BCUT2D eigenvalue weighted by atomic mass is 16.5. The third-order valence-corrected chi connectivity index (χ3v) is 3.22. The lowest BCUT2D eigenvalue weighted by Crippen LogP contribution is -2.49. The predicted octanol–water partition coefficient (Wildman–Crippen LogP) is 1.78. The van der Waals surface area contributed by atoms with Gasteiger partial charge in [0, 0.05) is 19.1 Å². The Morgan fingerprint density at radius 1 is 1.50 bits per heavy atom. The maximum absolute atomic E-state index is 6.15. The molecule has 0 aromatic heterocycles. The standard InChI is InChI=1S/C13H26N2O/c1-3-4-5-6-7-8-12(14)13-11-15(2)9-10-16-13/h3,12-13H,1,4-11,14H2,2H3. The van der Waals surface area contributed by atoms with Gasteiger partial charge in [-0.25, -0.2) is 0 Å². The number of nitrogens with zero attached hydrogens (tertiary/aromatic N) is 1. The van der Waals surface area contributed by atoms with Crippen molar-refractivity contribution in [3.8, 4) is 0 Å². The Balaban J connectivity index is 2.08. The second-order valence-corrected chi connectivity index (χ2v) is 4.76. The van der Waals surface area contributed by atoms with Crippen LogP contribution in [0.3, 0.4) is 0 Å². The summed E-state index contributed by atoms with van der Waals surface area (Å²) in [6.45, 7) is 6.56. The molecule has 1 heterocycles. The average molecular weight is 226 g/mol. The van der Waals surface area contributed by atoms with E-state index in [9.17, 15) is 0 Å². The van der Waals surface area contributed by atoms with Crippen LogP contribution in [0.5, 0.6) is 0 Å². The van der Waals surface area contributed by atoms with Gasteiger partial charge in [0.05, 0.1) is 12.7 Å². The maximum atomic E-state index is 6.15. The average Bonchev–Trinajstić information content (AvgIpc) is 2.28. The number of unbranched alkanes of at least 4 members (excludes halogenated alkanes) is 3. The Hall–Kier alpha value is -0.380. The largest absolute Gasteiger partial charge is 0.374 e. The molecule has 3 nitrogen and oxygen atoms in total. The molecule has 94 valence electrons. The second kappa shape index (κ2) is 7.82. The van der Waals surface area contributed by atoms with Gasteiger partial charge in [0.2, 0.25) is 0 Å². The molecule has 1 saturated heterocycles. The highest BCUT2D eigenvalue weighted by Crippen LogP contribution is 2.12. The normalized spacial score (nSPS) is 24.2. The molecule has 0 spiro atoms. The van der Waals surface area contributed by atoms with E-state index in [-0.39, 0.29) is 12.1 Å². The van der Waals surface area contributed by atoms with E-state index in [2.05, 4.69) is 18.5 Å². The summed E-state index contributed by atoms with van der Waals surface area (Å²) in [7, 11) is 2.13. The minimum atomic E-state index is 0.200. The van der Waals surface area contributed by atoms with E-state index in [1.54, 1.807) is 0 Å². The molecule has 0 aromatic carbocycles. The Kier molecular flexibility index (Phi) is 6.69. The van der Waals surface area contributed by atoms with Gasteiger partial charge in [0.15, 0.2) is 0 Å². The molecule has 0 radical (unpaired) electrons. The summed E-state index contributed by atoms with van der Waals surface area (Å²) < 4.78 is 5.71. The third kappa shape index (κ3) is 5.10. The van der Waals surface area contributed by atoms with Gasteiger partial charge in [-0.2, -0.15) is 0 Å². The fourth-order valence-electron chi connectivity index (χ4n) is 2.10. The van der Waals surface area contributed by atoms with E-state index in [1.807, 2.05) is 6.08 Å². The number of morpholine rings is 1. The highest BCUT2D eigenvalue weighted by Gasteiger charge is 2.23. The van der Waals surface area contributed by atoms with Gasteiger partial charge in [0.1, 0.15) is 0 Å². The van der Waals surface area contributed by atoms with Crippen molar-refractivity contribution in [2.45, 2.75) is 44.2 Å². The summed E-state index contributed by atoms with van der Waals surface area (Å²) in [5.41, 5.74) is 6.15. The fraction of sp³-hybridized carbons (Fsp3) is 0.846. The fourth-order valence-corrected chi connectivity index (χ4v) is 2.10. The minimum absolute atomic E-state index is 0.200. The van der Waals surface area contributed by atoms with Gasteiger partial charge < -0.3 is 15.4 Å². The molecule has 1 aliphatic heterocycles. The van der Waals surface area contributed by atoms with Gasteiger partial charge in [0.25, 0.3) is 0 Å². The van der Waals surface area contributed by atoms with Gasteiger partial charge in [-0.3, -0.25) is 0 Å². The molecular weight excluding hydrogens is 200 g/mol. The van der Waals surface area contributed by atoms with Crippen molar-refractivity contribution in [3.05, 3.63) is 12.7 Å². The number of rotatable bonds is 7. The van der Waals surface area contributed by atoms with Gasteiger partial charge in [-0.15, -0.1) is 6.58 Å². The van der Waals surface area contributed by atoms with Crippen molar-refractivity contribution in [3.63, 3.8) is 0 Å². The zero-order valence-electron chi connectivity index (χ0n) is 10.5. The van der Waals surface area contributed by atoms with Crippen LogP contribution >= 0.6 is 0 Å². The Bertz CT molecular complexity index is 196. The summed E-state index contributed by atoms with van der Waals surface area (Å²) in [4.78, 5) is 2.30. The summed E-state index contributed by atoms with van der Waals surface area (Å²) >= 11 is 0. The Morgan fingerprint density at radius 3 is 3.00 bits per heavy atom. The van der Waals surface area contributed by atoms with Crippen LogP contribution < -0.4 is 5.73 Å². The first kappa shape index (κ1) is 13.7. The molecule has 2 N–H and O–H groups in total. The third-order valence-electron chi connectivity index (χ3n) is 3.22. The van der Waals surface area contributed by atoms with Crippen LogP contribution in [-0.2, 0) is 4.74 Å².